The summed E-state index contributed by atoms with van der Waals surface area (Å²) in [6.07, 6.45) is 1.88. The zero-order valence-electron chi connectivity index (χ0n) is 17.8. The van der Waals surface area contributed by atoms with Crippen LogP contribution in [0.15, 0.2) is 78.9 Å². The average Bonchev–Trinajstić information content (AvgIpc) is 2.81. The number of anilines is 1. The van der Waals surface area contributed by atoms with Crippen molar-refractivity contribution < 1.29 is 14.3 Å². The molecule has 0 aliphatic rings. The maximum Gasteiger partial charge on any atom is 0.337 e. The minimum absolute atomic E-state index is 0.0798. The first-order chi connectivity index (χ1) is 15.1. The second kappa shape index (κ2) is 11.0. The number of carbonyl (C=O) groups is 2. The van der Waals surface area contributed by atoms with Gasteiger partial charge in [0.25, 0.3) is 0 Å². The molecule has 160 valence electrons. The normalized spacial score (nSPS) is 10.5. The van der Waals surface area contributed by atoms with E-state index in [-0.39, 0.29) is 5.91 Å². The minimum atomic E-state index is -0.432. The lowest BCUT2D eigenvalue weighted by Crippen LogP contribution is -2.33. The summed E-state index contributed by atoms with van der Waals surface area (Å²) >= 11 is 0. The number of nitrogens with zero attached hydrogens (tertiary/aromatic N) is 1. The molecule has 3 aromatic rings. The lowest BCUT2D eigenvalue weighted by molar-refractivity contribution is -0.131. The van der Waals surface area contributed by atoms with E-state index in [0.717, 1.165) is 17.5 Å². The lowest BCUT2D eigenvalue weighted by Gasteiger charge is -2.24. The van der Waals surface area contributed by atoms with Gasteiger partial charge >= 0.3 is 5.97 Å². The molecule has 0 aliphatic heterocycles. The summed E-state index contributed by atoms with van der Waals surface area (Å²) < 4.78 is 4.75. The SMILES string of the molecule is COC(=O)c1ccc(CN(CCc2ccccc2)C(=O)CCc2ccccc2)c(N)c1. The average molecular weight is 417 g/mol. The summed E-state index contributed by atoms with van der Waals surface area (Å²) in [5.41, 5.74) is 10.2. The molecule has 0 saturated carbocycles. The van der Waals surface area contributed by atoms with Gasteiger partial charge in [0.2, 0.25) is 5.91 Å². The predicted octanol–water partition coefficient (Wildman–Crippen LogP) is 4.26. The highest BCUT2D eigenvalue weighted by molar-refractivity contribution is 5.90. The van der Waals surface area contributed by atoms with Crippen molar-refractivity contribution >= 4 is 17.6 Å². The number of amides is 1. The Balaban J connectivity index is 1.72. The third kappa shape index (κ3) is 6.44. The Morgan fingerprint density at radius 1 is 0.871 bits per heavy atom. The zero-order chi connectivity index (χ0) is 22.1. The second-order valence-electron chi connectivity index (χ2n) is 7.44. The van der Waals surface area contributed by atoms with Crippen LogP contribution in [-0.4, -0.2) is 30.4 Å². The van der Waals surface area contributed by atoms with E-state index in [0.29, 0.717) is 37.2 Å². The van der Waals surface area contributed by atoms with Crippen LogP contribution in [0.3, 0.4) is 0 Å². The Morgan fingerprint density at radius 3 is 2.06 bits per heavy atom. The van der Waals surface area contributed by atoms with Crippen molar-refractivity contribution in [3.05, 3.63) is 101 Å². The molecular formula is C26H28N2O3. The van der Waals surface area contributed by atoms with Gasteiger partial charge in [-0.3, -0.25) is 4.79 Å². The van der Waals surface area contributed by atoms with Crippen molar-refractivity contribution in [3.8, 4) is 0 Å². The third-order valence-corrected chi connectivity index (χ3v) is 5.26. The minimum Gasteiger partial charge on any atom is -0.465 e. The Labute approximate surface area is 183 Å². The topological polar surface area (TPSA) is 72.6 Å². The number of esters is 1. The van der Waals surface area contributed by atoms with E-state index in [9.17, 15) is 9.59 Å². The van der Waals surface area contributed by atoms with Gasteiger partial charge in [0.15, 0.2) is 0 Å². The van der Waals surface area contributed by atoms with Gasteiger partial charge in [0.1, 0.15) is 0 Å². The van der Waals surface area contributed by atoms with Gasteiger partial charge in [-0.15, -0.1) is 0 Å². The molecule has 0 aliphatic carbocycles. The van der Waals surface area contributed by atoms with Crippen molar-refractivity contribution in [2.75, 3.05) is 19.4 Å². The fourth-order valence-electron chi connectivity index (χ4n) is 3.44. The van der Waals surface area contributed by atoms with Gasteiger partial charge in [0.05, 0.1) is 12.7 Å². The van der Waals surface area contributed by atoms with Crippen molar-refractivity contribution in [2.24, 2.45) is 0 Å². The largest absolute Gasteiger partial charge is 0.465 e. The zero-order valence-corrected chi connectivity index (χ0v) is 17.8. The van der Waals surface area contributed by atoms with E-state index in [1.54, 1.807) is 18.2 Å². The number of nitrogens with two attached hydrogens (primary N) is 1. The van der Waals surface area contributed by atoms with Gasteiger partial charge in [-0.05, 0) is 41.7 Å². The van der Waals surface area contributed by atoms with Crippen LogP contribution >= 0.6 is 0 Å². The van der Waals surface area contributed by atoms with Gasteiger partial charge in [-0.1, -0.05) is 66.7 Å². The van der Waals surface area contributed by atoms with Crippen LogP contribution in [-0.2, 0) is 28.9 Å². The van der Waals surface area contributed by atoms with Crippen LogP contribution in [0, 0.1) is 0 Å². The van der Waals surface area contributed by atoms with Crippen LogP contribution in [0.1, 0.15) is 33.5 Å². The van der Waals surface area contributed by atoms with Crippen molar-refractivity contribution in [3.63, 3.8) is 0 Å². The van der Waals surface area contributed by atoms with E-state index < -0.39 is 5.97 Å². The smallest absolute Gasteiger partial charge is 0.337 e. The fourth-order valence-corrected chi connectivity index (χ4v) is 3.44. The number of hydrogen-bond donors (Lipinski definition) is 1. The highest BCUT2D eigenvalue weighted by atomic mass is 16.5. The number of nitrogen functional groups attached to an aromatic ring is 1. The van der Waals surface area contributed by atoms with Crippen molar-refractivity contribution in [1.29, 1.82) is 0 Å². The van der Waals surface area contributed by atoms with Gasteiger partial charge in [-0.25, -0.2) is 4.79 Å². The summed E-state index contributed by atoms with van der Waals surface area (Å²) in [7, 11) is 1.34. The maximum absolute atomic E-state index is 13.1. The van der Waals surface area contributed by atoms with E-state index in [4.69, 9.17) is 10.5 Å². The molecule has 0 atom stereocenters. The number of benzene rings is 3. The Kier molecular flexibility index (Phi) is 7.82. The molecule has 0 spiro atoms. The molecule has 5 nitrogen and oxygen atoms in total. The van der Waals surface area contributed by atoms with Crippen molar-refractivity contribution in [2.45, 2.75) is 25.8 Å². The first-order valence-electron chi connectivity index (χ1n) is 10.4. The molecule has 3 rings (SSSR count). The van der Waals surface area contributed by atoms with E-state index in [2.05, 4.69) is 12.1 Å². The molecule has 0 heterocycles. The quantitative estimate of drug-likeness (QED) is 0.418. The summed E-state index contributed by atoms with van der Waals surface area (Å²) in [5.74, 6) is -0.352. The number of carbonyl (C=O) groups excluding carboxylic acids is 2. The van der Waals surface area contributed by atoms with Gasteiger partial charge in [-0.2, -0.15) is 0 Å². The third-order valence-electron chi connectivity index (χ3n) is 5.26. The molecule has 0 unspecified atom stereocenters. The summed E-state index contributed by atoms with van der Waals surface area (Å²) in [6.45, 7) is 0.990. The molecule has 3 aromatic carbocycles. The number of hydrogen-bond acceptors (Lipinski definition) is 4. The first-order valence-corrected chi connectivity index (χ1v) is 10.4. The van der Waals surface area contributed by atoms with E-state index in [1.165, 1.54) is 12.7 Å². The van der Waals surface area contributed by atoms with Crippen LogP contribution in [0.4, 0.5) is 5.69 Å². The summed E-state index contributed by atoms with van der Waals surface area (Å²) in [5, 5.41) is 0. The molecular weight excluding hydrogens is 388 g/mol. The first kappa shape index (κ1) is 22.1. The van der Waals surface area contributed by atoms with E-state index in [1.807, 2.05) is 53.4 Å². The molecule has 0 aromatic heterocycles. The van der Waals surface area contributed by atoms with E-state index >= 15 is 0 Å². The Bertz CT molecular complexity index is 1000. The van der Waals surface area contributed by atoms with Gasteiger partial charge in [0, 0.05) is 25.2 Å². The number of rotatable bonds is 9. The second-order valence-corrected chi connectivity index (χ2v) is 7.44. The maximum atomic E-state index is 13.1. The predicted molar refractivity (Wildman–Crippen MR) is 123 cm³/mol. The van der Waals surface area contributed by atoms with Crippen LogP contribution in [0.2, 0.25) is 0 Å². The molecule has 0 bridgehead atoms. The monoisotopic (exact) mass is 416 g/mol. The van der Waals surface area contributed by atoms with Crippen molar-refractivity contribution in [1.82, 2.24) is 4.90 Å². The lowest BCUT2D eigenvalue weighted by atomic mass is 10.1. The van der Waals surface area contributed by atoms with Crippen LogP contribution in [0.25, 0.3) is 0 Å². The summed E-state index contributed by atoms with van der Waals surface area (Å²) in [6, 6.07) is 25.2. The molecule has 2 N–H and O–H groups in total. The Hall–Kier alpha value is -3.60. The van der Waals surface area contributed by atoms with Crippen LogP contribution < -0.4 is 5.73 Å². The molecule has 0 radical (unpaired) electrons. The molecule has 0 fully saturated rings. The fraction of sp³-hybridized carbons (Fsp3) is 0.231. The highest BCUT2D eigenvalue weighted by Gasteiger charge is 2.17. The van der Waals surface area contributed by atoms with Crippen LogP contribution in [0.5, 0.6) is 0 Å². The number of aryl methyl sites for hydroxylation is 1. The van der Waals surface area contributed by atoms with Gasteiger partial charge < -0.3 is 15.4 Å². The standard InChI is InChI=1S/C26H28N2O3/c1-31-26(30)22-13-14-23(24(27)18-22)19-28(17-16-21-10-6-3-7-11-21)25(29)15-12-20-8-4-2-5-9-20/h2-11,13-14,18H,12,15-17,19,27H2,1H3. The number of ether oxygens (including phenoxy) is 1. The molecule has 5 heteroatoms. The molecule has 1 amide bonds. The Morgan fingerprint density at radius 2 is 1.48 bits per heavy atom. The highest BCUT2D eigenvalue weighted by Crippen LogP contribution is 2.19. The number of methoxy groups -OCH3 is 1. The summed E-state index contributed by atoms with van der Waals surface area (Å²) in [4.78, 5) is 26.7. The molecule has 0 saturated heterocycles. The molecule has 31 heavy (non-hydrogen) atoms.